The lowest BCUT2D eigenvalue weighted by atomic mass is 9.92. The molecule has 11 heteroatoms. The maximum atomic E-state index is 15.5. The van der Waals surface area contributed by atoms with Gasteiger partial charge in [0.05, 0.1) is 24.9 Å². The first-order valence-corrected chi connectivity index (χ1v) is 23.7. The topological polar surface area (TPSA) is 87.5 Å². The minimum absolute atomic E-state index is 0.0184. The van der Waals surface area contributed by atoms with Crippen LogP contribution in [0.5, 0.6) is 5.75 Å². The first-order valence-electron chi connectivity index (χ1n) is 20.8. The Bertz CT molecular complexity index is 2320. The van der Waals surface area contributed by atoms with Crippen LogP contribution in [0.4, 0.5) is 15.8 Å². The zero-order chi connectivity index (χ0) is 41.5. The number of aliphatic hydroxyl groups excluding tert-OH is 1. The molecule has 5 aromatic rings. The number of aromatic nitrogens is 1. The molecule has 308 valence electrons. The van der Waals surface area contributed by atoms with E-state index in [1.165, 1.54) is 17.7 Å². The Morgan fingerprint density at radius 3 is 2.24 bits per heavy atom. The third kappa shape index (κ3) is 8.39. The molecule has 0 aliphatic carbocycles. The normalized spacial score (nSPS) is 18.5. The fraction of sp³-hybridized carbons (Fsp3) is 0.375. The number of rotatable bonds is 9. The van der Waals surface area contributed by atoms with E-state index in [9.17, 15) is 5.11 Å². The summed E-state index contributed by atoms with van der Waals surface area (Å²) in [5, 5.41) is 11.0. The standard InChI is InChI=1S/C48H55FN4O5Si/c1-48(2,3)59(4,5)58-40-18-16-37(17-19-40)53(36-13-7-6-8-14-36)47(56)43-30-45(51-22-21-39(54)29-44(43)51)42-28-35(49)15-20-41(42)46(55)52-31-34-12-10-9-11-33(34)27-38(52)32-50-23-25-57-26-24-50/h6-20,28,30,38-39,54H,21-27,29,31-32H2,1-5H3/t38-,39?/m0/s1. The fourth-order valence-corrected chi connectivity index (χ4v) is 9.44. The maximum Gasteiger partial charge on any atom is 0.264 e. The lowest BCUT2D eigenvalue weighted by Gasteiger charge is -2.40. The summed E-state index contributed by atoms with van der Waals surface area (Å²) in [7, 11) is -2.11. The number of para-hydroxylation sites is 1. The second-order valence-electron chi connectivity index (χ2n) is 17.7. The van der Waals surface area contributed by atoms with Gasteiger partial charge in [0.25, 0.3) is 11.8 Å². The molecule has 0 radical (unpaired) electrons. The van der Waals surface area contributed by atoms with Gasteiger partial charge < -0.3 is 23.7 Å². The summed E-state index contributed by atoms with van der Waals surface area (Å²) >= 11 is 0. The number of ether oxygens (including phenoxy) is 1. The molecule has 3 aliphatic rings. The number of nitrogens with zero attached hydrogens (tertiary/aromatic N) is 4. The number of carbonyl (C=O) groups is 2. The first kappa shape index (κ1) is 40.7. The molecule has 2 atom stereocenters. The predicted molar refractivity (Wildman–Crippen MR) is 232 cm³/mol. The molecule has 59 heavy (non-hydrogen) atoms. The van der Waals surface area contributed by atoms with E-state index in [1.54, 1.807) is 17.0 Å². The molecule has 1 fully saturated rings. The van der Waals surface area contributed by atoms with Gasteiger partial charge in [-0.2, -0.15) is 0 Å². The van der Waals surface area contributed by atoms with E-state index in [1.807, 2.05) is 76.2 Å². The molecule has 1 aromatic heterocycles. The molecule has 4 heterocycles. The summed E-state index contributed by atoms with van der Waals surface area (Å²) in [5.41, 5.74) is 6.08. The Morgan fingerprint density at radius 1 is 0.847 bits per heavy atom. The molecular formula is C48H55FN4O5Si. The lowest BCUT2D eigenvalue weighted by Crippen LogP contribution is -2.52. The second-order valence-corrected chi connectivity index (χ2v) is 22.4. The van der Waals surface area contributed by atoms with Gasteiger partial charge in [0.2, 0.25) is 8.32 Å². The van der Waals surface area contributed by atoms with Crippen LogP contribution in [0.2, 0.25) is 18.1 Å². The van der Waals surface area contributed by atoms with Gasteiger partial charge in [-0.3, -0.25) is 19.4 Å². The van der Waals surface area contributed by atoms with E-state index in [2.05, 4.69) is 50.9 Å². The van der Waals surface area contributed by atoms with Crippen molar-refractivity contribution in [1.29, 1.82) is 0 Å². The van der Waals surface area contributed by atoms with Gasteiger partial charge in [0, 0.05) is 79.1 Å². The van der Waals surface area contributed by atoms with Gasteiger partial charge >= 0.3 is 0 Å². The van der Waals surface area contributed by atoms with Crippen molar-refractivity contribution >= 4 is 31.5 Å². The van der Waals surface area contributed by atoms with E-state index in [0.717, 1.165) is 24.4 Å². The van der Waals surface area contributed by atoms with E-state index in [-0.39, 0.29) is 29.3 Å². The van der Waals surface area contributed by atoms with Crippen molar-refractivity contribution in [1.82, 2.24) is 14.4 Å². The number of amides is 2. The number of aliphatic hydroxyl groups is 1. The number of fused-ring (bicyclic) bond motifs is 2. The van der Waals surface area contributed by atoms with Gasteiger partial charge in [-0.15, -0.1) is 0 Å². The van der Waals surface area contributed by atoms with Crippen molar-refractivity contribution in [2.75, 3.05) is 37.7 Å². The van der Waals surface area contributed by atoms with Crippen LogP contribution in [0.15, 0.2) is 103 Å². The number of carbonyl (C=O) groups excluding carboxylic acids is 2. The van der Waals surface area contributed by atoms with E-state index >= 15 is 14.0 Å². The highest BCUT2D eigenvalue weighted by Gasteiger charge is 2.39. The number of benzene rings is 4. The van der Waals surface area contributed by atoms with Crippen LogP contribution in [-0.2, 0) is 30.7 Å². The molecule has 0 spiro atoms. The van der Waals surface area contributed by atoms with E-state index < -0.39 is 20.2 Å². The molecule has 8 rings (SSSR count). The number of halogens is 1. The average molecular weight is 815 g/mol. The summed E-state index contributed by atoms with van der Waals surface area (Å²) in [6, 6.07) is 31.4. The number of hydrogen-bond acceptors (Lipinski definition) is 6. The van der Waals surface area contributed by atoms with Gasteiger partial charge in [-0.05, 0) is 103 Å². The molecular weight excluding hydrogens is 760 g/mol. The predicted octanol–water partition coefficient (Wildman–Crippen LogP) is 8.86. The van der Waals surface area contributed by atoms with Crippen molar-refractivity contribution in [3.63, 3.8) is 0 Å². The molecule has 2 amide bonds. The van der Waals surface area contributed by atoms with Gasteiger partial charge in [-0.1, -0.05) is 63.2 Å². The van der Waals surface area contributed by atoms with Crippen molar-refractivity contribution in [2.24, 2.45) is 0 Å². The van der Waals surface area contributed by atoms with Crippen LogP contribution in [-0.4, -0.2) is 84.6 Å². The summed E-state index contributed by atoms with van der Waals surface area (Å²) in [4.78, 5) is 36.1. The van der Waals surface area contributed by atoms with Crippen LogP contribution in [0.3, 0.4) is 0 Å². The highest BCUT2D eigenvalue weighted by atomic mass is 28.4. The van der Waals surface area contributed by atoms with Crippen molar-refractivity contribution in [2.45, 2.75) is 83.4 Å². The van der Waals surface area contributed by atoms with Crippen LogP contribution in [0.1, 0.15) is 64.7 Å². The SMILES string of the molecule is CC(C)(C)[Si](C)(C)Oc1ccc(N(C(=O)c2cc(-c3cc(F)ccc3C(=O)N3Cc4ccccc4C[C@H]3CN3CCOCC3)n3c2CC(O)CC3)c2ccccc2)cc1. The van der Waals surface area contributed by atoms with E-state index in [0.29, 0.717) is 85.1 Å². The summed E-state index contributed by atoms with van der Waals surface area (Å²) in [5.74, 6) is -0.199. The molecule has 1 N–H and O–H groups in total. The Morgan fingerprint density at radius 2 is 1.53 bits per heavy atom. The maximum absolute atomic E-state index is 15.5. The molecule has 0 saturated carbocycles. The quantitative estimate of drug-likeness (QED) is 0.150. The molecule has 3 aliphatic heterocycles. The largest absolute Gasteiger partial charge is 0.544 e. The van der Waals surface area contributed by atoms with Crippen LogP contribution < -0.4 is 9.33 Å². The summed E-state index contributed by atoms with van der Waals surface area (Å²) in [6.07, 6.45) is 0.762. The molecule has 4 aromatic carbocycles. The summed E-state index contributed by atoms with van der Waals surface area (Å²) in [6.45, 7) is 15.5. The Kier molecular flexibility index (Phi) is 11.4. The highest BCUT2D eigenvalue weighted by molar-refractivity contribution is 6.74. The Balaban J connectivity index is 1.19. The summed E-state index contributed by atoms with van der Waals surface area (Å²) < 4.78 is 29.7. The number of anilines is 2. The Hall–Kier alpha value is -5.07. The second kappa shape index (κ2) is 16.5. The third-order valence-corrected chi connectivity index (χ3v) is 17.1. The van der Waals surface area contributed by atoms with E-state index in [4.69, 9.17) is 9.16 Å². The minimum Gasteiger partial charge on any atom is -0.544 e. The lowest BCUT2D eigenvalue weighted by molar-refractivity contribution is 0.0193. The fourth-order valence-electron chi connectivity index (χ4n) is 8.41. The van der Waals surface area contributed by atoms with Crippen LogP contribution in [0.25, 0.3) is 11.3 Å². The zero-order valence-corrected chi connectivity index (χ0v) is 35.8. The monoisotopic (exact) mass is 814 g/mol. The van der Waals surface area contributed by atoms with Crippen molar-refractivity contribution in [3.8, 4) is 17.0 Å². The van der Waals surface area contributed by atoms with Crippen molar-refractivity contribution < 1.29 is 28.2 Å². The highest BCUT2D eigenvalue weighted by Crippen LogP contribution is 2.40. The number of morpholine rings is 1. The third-order valence-electron chi connectivity index (χ3n) is 12.7. The number of hydrogen-bond donors (Lipinski definition) is 1. The average Bonchev–Trinajstić information content (AvgIpc) is 3.60. The molecule has 1 saturated heterocycles. The first-order chi connectivity index (χ1) is 28.3. The van der Waals surface area contributed by atoms with Crippen molar-refractivity contribution in [3.05, 3.63) is 137 Å². The van der Waals surface area contributed by atoms with Crippen LogP contribution >= 0.6 is 0 Å². The molecule has 9 nitrogen and oxygen atoms in total. The van der Waals surface area contributed by atoms with Gasteiger partial charge in [0.15, 0.2) is 0 Å². The minimum atomic E-state index is -2.11. The van der Waals surface area contributed by atoms with Gasteiger partial charge in [0.1, 0.15) is 11.6 Å². The van der Waals surface area contributed by atoms with Crippen LogP contribution in [0, 0.1) is 5.82 Å². The Labute approximate surface area is 348 Å². The molecule has 0 bridgehead atoms. The van der Waals surface area contributed by atoms with Gasteiger partial charge in [-0.25, -0.2) is 4.39 Å². The molecule has 1 unspecified atom stereocenters. The smallest absolute Gasteiger partial charge is 0.264 e. The zero-order valence-electron chi connectivity index (χ0n) is 34.8.